The number of nitrogens with one attached hydrogen (secondary N) is 1. The van der Waals surface area contributed by atoms with Gasteiger partial charge in [-0.1, -0.05) is 0 Å². The molecule has 2 aromatic carbocycles. The Morgan fingerprint density at radius 3 is 2.85 bits per heavy atom. The molecule has 0 spiro atoms. The number of aromatic nitrogens is 1. The standard InChI is InChI=1S/C19H15F2N3O3/c20-19(21)9-24(10-19)18-23-14-8-13(2-4-16(14)27-18)22-17(25)12-1-3-15-11(7-12)5-6-26-15/h1-4,7-8H,5-6,9-10H2,(H,22,25). The number of hydrogen-bond donors (Lipinski definition) is 1. The maximum absolute atomic E-state index is 13.0. The van der Waals surface area contributed by atoms with Crippen LogP contribution in [-0.4, -0.2) is 36.5 Å². The number of amides is 1. The highest BCUT2D eigenvalue weighted by Crippen LogP contribution is 2.33. The van der Waals surface area contributed by atoms with Crippen molar-refractivity contribution >= 4 is 28.7 Å². The summed E-state index contributed by atoms with van der Waals surface area (Å²) in [5.74, 6) is -2.12. The first kappa shape index (κ1) is 16.0. The van der Waals surface area contributed by atoms with E-state index in [1.165, 1.54) is 4.90 Å². The number of benzene rings is 2. The Balaban J connectivity index is 1.35. The second-order valence-corrected chi connectivity index (χ2v) is 6.77. The maximum atomic E-state index is 13.0. The van der Waals surface area contributed by atoms with Crippen LogP contribution in [0.5, 0.6) is 5.75 Å². The monoisotopic (exact) mass is 371 g/mol. The molecular weight excluding hydrogens is 356 g/mol. The van der Waals surface area contributed by atoms with Crippen LogP contribution in [0, 0.1) is 0 Å². The zero-order valence-corrected chi connectivity index (χ0v) is 14.2. The molecule has 0 unspecified atom stereocenters. The minimum atomic E-state index is -2.69. The highest BCUT2D eigenvalue weighted by atomic mass is 19.3. The van der Waals surface area contributed by atoms with Gasteiger partial charge in [0.15, 0.2) is 5.58 Å². The predicted octanol–water partition coefficient (Wildman–Crippen LogP) is 3.47. The van der Waals surface area contributed by atoms with Crippen molar-refractivity contribution in [2.24, 2.45) is 0 Å². The molecular formula is C19H15F2N3O3. The summed E-state index contributed by atoms with van der Waals surface area (Å²) in [6, 6.07) is 10.5. The topological polar surface area (TPSA) is 67.6 Å². The van der Waals surface area contributed by atoms with Gasteiger partial charge in [0.05, 0.1) is 19.7 Å². The largest absolute Gasteiger partial charge is 0.493 e. The van der Waals surface area contributed by atoms with Crippen molar-refractivity contribution in [3.8, 4) is 5.75 Å². The number of oxazole rings is 1. The number of rotatable bonds is 3. The van der Waals surface area contributed by atoms with E-state index < -0.39 is 19.0 Å². The van der Waals surface area contributed by atoms with E-state index in [1.54, 1.807) is 30.3 Å². The molecule has 0 radical (unpaired) electrons. The molecule has 2 aliphatic rings. The molecule has 1 amide bonds. The molecule has 0 atom stereocenters. The number of hydrogen-bond acceptors (Lipinski definition) is 5. The third-order valence-corrected chi connectivity index (χ3v) is 4.70. The van der Waals surface area contributed by atoms with Crippen LogP contribution in [0.1, 0.15) is 15.9 Å². The van der Waals surface area contributed by atoms with Gasteiger partial charge in [-0.05, 0) is 42.0 Å². The Kier molecular flexibility index (Phi) is 3.37. The van der Waals surface area contributed by atoms with Crippen molar-refractivity contribution in [2.75, 3.05) is 29.9 Å². The molecule has 0 saturated carbocycles. The van der Waals surface area contributed by atoms with Gasteiger partial charge in [-0.3, -0.25) is 4.79 Å². The van der Waals surface area contributed by atoms with Gasteiger partial charge in [0.2, 0.25) is 0 Å². The lowest BCUT2D eigenvalue weighted by Gasteiger charge is -2.37. The van der Waals surface area contributed by atoms with E-state index in [-0.39, 0.29) is 11.9 Å². The first-order chi connectivity index (χ1) is 13.0. The summed E-state index contributed by atoms with van der Waals surface area (Å²) < 4.78 is 37.0. The van der Waals surface area contributed by atoms with Crippen LogP contribution in [0.3, 0.4) is 0 Å². The molecule has 3 aromatic rings. The highest BCUT2D eigenvalue weighted by molar-refractivity contribution is 6.05. The average Bonchev–Trinajstić information content (AvgIpc) is 3.24. The van der Waals surface area contributed by atoms with Gasteiger partial charge in [-0.25, -0.2) is 8.78 Å². The lowest BCUT2D eigenvalue weighted by molar-refractivity contribution is -0.0287. The lowest BCUT2D eigenvalue weighted by atomic mass is 10.1. The number of fused-ring (bicyclic) bond motifs is 2. The van der Waals surface area contributed by atoms with Crippen molar-refractivity contribution in [1.29, 1.82) is 0 Å². The van der Waals surface area contributed by atoms with Gasteiger partial charge in [-0.15, -0.1) is 0 Å². The Labute approximate surface area is 152 Å². The molecule has 138 valence electrons. The number of halogens is 2. The number of carbonyl (C=O) groups is 1. The maximum Gasteiger partial charge on any atom is 0.298 e. The van der Waals surface area contributed by atoms with E-state index in [4.69, 9.17) is 9.15 Å². The molecule has 1 saturated heterocycles. The zero-order valence-electron chi connectivity index (χ0n) is 14.2. The molecule has 1 N–H and O–H groups in total. The molecule has 2 aliphatic heterocycles. The molecule has 0 bridgehead atoms. The summed E-state index contributed by atoms with van der Waals surface area (Å²) in [4.78, 5) is 18.1. The molecule has 3 heterocycles. The van der Waals surface area contributed by atoms with Gasteiger partial charge < -0.3 is 19.4 Å². The molecule has 0 aliphatic carbocycles. The van der Waals surface area contributed by atoms with Gasteiger partial charge in [0.25, 0.3) is 17.8 Å². The van der Waals surface area contributed by atoms with Crippen LogP contribution in [0.25, 0.3) is 11.1 Å². The second-order valence-electron chi connectivity index (χ2n) is 6.77. The van der Waals surface area contributed by atoms with E-state index in [0.717, 1.165) is 17.7 Å². The molecule has 8 heteroatoms. The Hall–Kier alpha value is -3.16. The number of alkyl halides is 2. The fourth-order valence-corrected chi connectivity index (χ4v) is 3.31. The van der Waals surface area contributed by atoms with Crippen LogP contribution >= 0.6 is 0 Å². The number of ether oxygens (including phenoxy) is 1. The highest BCUT2D eigenvalue weighted by Gasteiger charge is 2.45. The van der Waals surface area contributed by atoms with Gasteiger partial charge in [-0.2, -0.15) is 4.98 Å². The third kappa shape index (κ3) is 2.87. The van der Waals surface area contributed by atoms with Crippen LogP contribution in [0.4, 0.5) is 20.5 Å². The van der Waals surface area contributed by atoms with Crippen LogP contribution in [0.2, 0.25) is 0 Å². The SMILES string of the molecule is O=C(Nc1ccc2oc(N3CC(F)(F)C3)nc2c1)c1ccc2c(c1)CCO2. The smallest absolute Gasteiger partial charge is 0.298 e. The van der Waals surface area contributed by atoms with E-state index in [1.807, 2.05) is 6.07 Å². The first-order valence-electron chi connectivity index (χ1n) is 8.57. The zero-order chi connectivity index (χ0) is 18.6. The second kappa shape index (κ2) is 5.67. The van der Waals surface area contributed by atoms with E-state index in [9.17, 15) is 13.6 Å². The summed E-state index contributed by atoms with van der Waals surface area (Å²) in [5, 5.41) is 2.83. The van der Waals surface area contributed by atoms with Gasteiger partial charge in [0, 0.05) is 17.7 Å². The first-order valence-corrected chi connectivity index (χ1v) is 8.57. The van der Waals surface area contributed by atoms with Gasteiger partial charge >= 0.3 is 0 Å². The minimum Gasteiger partial charge on any atom is -0.493 e. The fraction of sp³-hybridized carbons (Fsp3) is 0.263. The molecule has 6 nitrogen and oxygen atoms in total. The van der Waals surface area contributed by atoms with E-state index >= 15 is 0 Å². The summed E-state index contributed by atoms with van der Waals surface area (Å²) in [7, 11) is 0. The van der Waals surface area contributed by atoms with E-state index in [0.29, 0.717) is 29.0 Å². The van der Waals surface area contributed by atoms with Crippen LogP contribution < -0.4 is 15.0 Å². The van der Waals surface area contributed by atoms with Gasteiger partial charge in [0.1, 0.15) is 11.3 Å². The molecule has 1 aromatic heterocycles. The molecule has 27 heavy (non-hydrogen) atoms. The minimum absolute atomic E-state index is 0.165. The van der Waals surface area contributed by atoms with Crippen molar-refractivity contribution in [3.63, 3.8) is 0 Å². The molecule has 5 rings (SSSR count). The number of carbonyl (C=O) groups excluding carboxylic acids is 1. The summed E-state index contributed by atoms with van der Waals surface area (Å²) in [6.07, 6.45) is 0.791. The summed E-state index contributed by atoms with van der Waals surface area (Å²) >= 11 is 0. The summed E-state index contributed by atoms with van der Waals surface area (Å²) in [5.41, 5.74) is 3.10. The molecule has 1 fully saturated rings. The van der Waals surface area contributed by atoms with Crippen LogP contribution in [-0.2, 0) is 6.42 Å². The predicted molar refractivity (Wildman–Crippen MR) is 94.8 cm³/mol. The van der Waals surface area contributed by atoms with Crippen molar-refractivity contribution in [3.05, 3.63) is 47.5 Å². The number of anilines is 2. The van der Waals surface area contributed by atoms with Crippen LogP contribution in [0.15, 0.2) is 40.8 Å². The normalized spacial score (nSPS) is 17.3. The van der Waals surface area contributed by atoms with Crippen molar-refractivity contribution in [1.82, 2.24) is 4.98 Å². The quantitative estimate of drug-likeness (QED) is 0.764. The lowest BCUT2D eigenvalue weighted by Crippen LogP contribution is -2.56. The Morgan fingerprint density at radius 1 is 1.19 bits per heavy atom. The third-order valence-electron chi connectivity index (χ3n) is 4.70. The summed E-state index contributed by atoms with van der Waals surface area (Å²) in [6.45, 7) is -0.161. The fourth-order valence-electron chi connectivity index (χ4n) is 3.31. The van der Waals surface area contributed by atoms with E-state index in [2.05, 4.69) is 10.3 Å². The van der Waals surface area contributed by atoms with Crippen molar-refractivity contribution < 1.29 is 22.7 Å². The average molecular weight is 371 g/mol. The Morgan fingerprint density at radius 2 is 2.04 bits per heavy atom. The number of nitrogens with zero attached hydrogens (tertiary/aromatic N) is 2. The van der Waals surface area contributed by atoms with Crippen molar-refractivity contribution in [2.45, 2.75) is 12.3 Å². The Bertz CT molecular complexity index is 1060.